The van der Waals surface area contributed by atoms with E-state index >= 15 is 0 Å². The molecule has 0 bridgehead atoms. The molecule has 1 aliphatic rings. The van der Waals surface area contributed by atoms with Crippen LogP contribution >= 0.6 is 11.8 Å². The Morgan fingerprint density at radius 2 is 2.00 bits per heavy atom. The van der Waals surface area contributed by atoms with Gasteiger partial charge in [-0.2, -0.15) is 11.8 Å². The molecule has 0 saturated carbocycles. The summed E-state index contributed by atoms with van der Waals surface area (Å²) in [6.07, 6.45) is 1.80. The Bertz CT molecular complexity index is 494. The molecule has 1 fully saturated rings. The van der Waals surface area contributed by atoms with Crippen LogP contribution in [0.3, 0.4) is 0 Å². The fraction of sp³-hybridized carbons (Fsp3) is 0.333. The molecule has 1 aliphatic heterocycles. The van der Waals surface area contributed by atoms with E-state index in [4.69, 9.17) is 0 Å². The van der Waals surface area contributed by atoms with E-state index in [0.717, 1.165) is 29.9 Å². The van der Waals surface area contributed by atoms with Gasteiger partial charge in [0.1, 0.15) is 5.82 Å². The van der Waals surface area contributed by atoms with Gasteiger partial charge in [-0.15, -0.1) is 0 Å². The zero-order valence-electron chi connectivity index (χ0n) is 8.97. The molecule has 0 aliphatic carbocycles. The maximum Gasteiger partial charge on any atom is 0.161 e. The maximum absolute atomic E-state index is 4.60. The molecule has 4 heteroatoms. The standard InChI is InChI=1S/C12H13N3S/c1-2-10-3-4-11(14-12(10)13-5-1)15-6-8-16-9-7-15/h1-5H,6-9H2. The predicted molar refractivity (Wildman–Crippen MR) is 69.1 cm³/mol. The van der Waals surface area contributed by atoms with Crippen LogP contribution in [-0.4, -0.2) is 34.6 Å². The van der Waals surface area contributed by atoms with Gasteiger partial charge in [0, 0.05) is 36.2 Å². The van der Waals surface area contributed by atoms with Crippen molar-refractivity contribution in [3.63, 3.8) is 0 Å². The minimum atomic E-state index is 0.846. The number of rotatable bonds is 1. The van der Waals surface area contributed by atoms with Crippen LogP contribution in [0.1, 0.15) is 0 Å². The first-order valence-electron chi connectivity index (χ1n) is 5.48. The molecule has 0 unspecified atom stereocenters. The van der Waals surface area contributed by atoms with Crippen LogP contribution in [-0.2, 0) is 0 Å². The number of pyridine rings is 2. The van der Waals surface area contributed by atoms with E-state index in [-0.39, 0.29) is 0 Å². The van der Waals surface area contributed by atoms with E-state index in [2.05, 4.69) is 27.0 Å². The monoisotopic (exact) mass is 231 g/mol. The molecule has 3 nitrogen and oxygen atoms in total. The quantitative estimate of drug-likeness (QED) is 0.752. The Morgan fingerprint density at radius 1 is 1.12 bits per heavy atom. The van der Waals surface area contributed by atoms with E-state index in [0.29, 0.717) is 0 Å². The third kappa shape index (κ3) is 1.85. The van der Waals surface area contributed by atoms with Crippen molar-refractivity contribution in [2.45, 2.75) is 0 Å². The molecule has 0 atom stereocenters. The van der Waals surface area contributed by atoms with Crippen LogP contribution in [0.4, 0.5) is 5.82 Å². The summed E-state index contributed by atoms with van der Waals surface area (Å²) >= 11 is 2.01. The van der Waals surface area contributed by atoms with Crippen molar-refractivity contribution in [3.8, 4) is 0 Å². The van der Waals surface area contributed by atoms with Gasteiger partial charge in [-0.05, 0) is 24.3 Å². The summed E-state index contributed by atoms with van der Waals surface area (Å²) < 4.78 is 0. The number of aromatic nitrogens is 2. The molecule has 16 heavy (non-hydrogen) atoms. The van der Waals surface area contributed by atoms with Gasteiger partial charge >= 0.3 is 0 Å². The van der Waals surface area contributed by atoms with Crippen molar-refractivity contribution in [2.24, 2.45) is 0 Å². The van der Waals surface area contributed by atoms with Gasteiger partial charge < -0.3 is 4.90 Å². The molecule has 0 N–H and O–H groups in total. The van der Waals surface area contributed by atoms with E-state index in [1.807, 2.05) is 23.9 Å². The molecular weight excluding hydrogens is 218 g/mol. The lowest BCUT2D eigenvalue weighted by Crippen LogP contribution is -2.33. The second kappa shape index (κ2) is 4.29. The Hall–Kier alpha value is -1.29. The van der Waals surface area contributed by atoms with Gasteiger partial charge in [-0.25, -0.2) is 9.97 Å². The molecule has 0 aromatic carbocycles. The van der Waals surface area contributed by atoms with Crippen molar-refractivity contribution >= 4 is 28.6 Å². The van der Waals surface area contributed by atoms with Crippen LogP contribution in [0.5, 0.6) is 0 Å². The van der Waals surface area contributed by atoms with Crippen LogP contribution in [0.25, 0.3) is 11.0 Å². The topological polar surface area (TPSA) is 29.0 Å². The normalized spacial score (nSPS) is 16.6. The van der Waals surface area contributed by atoms with Crippen molar-refractivity contribution in [3.05, 3.63) is 30.5 Å². The summed E-state index contributed by atoms with van der Waals surface area (Å²) in [7, 11) is 0. The number of thioether (sulfide) groups is 1. The molecule has 2 aromatic heterocycles. The smallest absolute Gasteiger partial charge is 0.161 e. The van der Waals surface area contributed by atoms with Gasteiger partial charge in [0.15, 0.2) is 5.65 Å². The van der Waals surface area contributed by atoms with Crippen LogP contribution in [0.15, 0.2) is 30.5 Å². The van der Waals surface area contributed by atoms with Gasteiger partial charge in [-0.3, -0.25) is 0 Å². The van der Waals surface area contributed by atoms with Gasteiger partial charge in [-0.1, -0.05) is 0 Å². The lowest BCUT2D eigenvalue weighted by Gasteiger charge is -2.27. The summed E-state index contributed by atoms with van der Waals surface area (Å²) in [6.45, 7) is 2.19. The first-order valence-corrected chi connectivity index (χ1v) is 6.63. The second-order valence-corrected chi connectivity index (χ2v) is 5.04. The van der Waals surface area contributed by atoms with E-state index in [1.54, 1.807) is 6.20 Å². The van der Waals surface area contributed by atoms with Crippen molar-refractivity contribution in [2.75, 3.05) is 29.5 Å². The highest BCUT2D eigenvalue weighted by Crippen LogP contribution is 2.19. The highest BCUT2D eigenvalue weighted by Gasteiger charge is 2.12. The zero-order chi connectivity index (χ0) is 10.8. The molecule has 0 radical (unpaired) electrons. The average molecular weight is 231 g/mol. The summed E-state index contributed by atoms with van der Waals surface area (Å²) in [5.74, 6) is 3.45. The number of anilines is 1. The third-order valence-electron chi connectivity index (χ3n) is 2.78. The van der Waals surface area contributed by atoms with Crippen LogP contribution in [0.2, 0.25) is 0 Å². The molecule has 3 heterocycles. The van der Waals surface area contributed by atoms with Gasteiger partial charge in [0.2, 0.25) is 0 Å². The summed E-state index contributed by atoms with van der Waals surface area (Å²) in [5.41, 5.74) is 0.846. The highest BCUT2D eigenvalue weighted by atomic mass is 32.2. The summed E-state index contributed by atoms with van der Waals surface area (Å²) in [5, 5.41) is 1.11. The predicted octanol–water partition coefficient (Wildman–Crippen LogP) is 2.18. The minimum Gasteiger partial charge on any atom is -0.355 e. The number of fused-ring (bicyclic) bond motifs is 1. The summed E-state index contributed by atoms with van der Waals surface area (Å²) in [6, 6.07) is 8.19. The van der Waals surface area contributed by atoms with E-state index < -0.39 is 0 Å². The SMILES string of the molecule is c1cnc2nc(N3CCSCC3)ccc2c1. The van der Waals surface area contributed by atoms with E-state index in [9.17, 15) is 0 Å². The molecule has 0 spiro atoms. The minimum absolute atomic E-state index is 0.846. The number of hydrogen-bond donors (Lipinski definition) is 0. The maximum atomic E-state index is 4.60. The van der Waals surface area contributed by atoms with Crippen molar-refractivity contribution in [1.29, 1.82) is 0 Å². The van der Waals surface area contributed by atoms with Crippen LogP contribution < -0.4 is 4.90 Å². The first-order chi connectivity index (χ1) is 7.93. The molecule has 0 amide bonds. The van der Waals surface area contributed by atoms with Crippen LogP contribution in [0, 0.1) is 0 Å². The van der Waals surface area contributed by atoms with Crippen molar-refractivity contribution in [1.82, 2.24) is 9.97 Å². The Labute approximate surface area is 98.9 Å². The highest BCUT2D eigenvalue weighted by molar-refractivity contribution is 7.99. The average Bonchev–Trinajstić information content (AvgIpc) is 2.39. The molecule has 2 aromatic rings. The van der Waals surface area contributed by atoms with Crippen molar-refractivity contribution < 1.29 is 0 Å². The lowest BCUT2D eigenvalue weighted by atomic mass is 10.3. The number of nitrogens with zero attached hydrogens (tertiary/aromatic N) is 3. The zero-order valence-corrected chi connectivity index (χ0v) is 9.78. The molecular formula is C12H13N3S. The van der Waals surface area contributed by atoms with E-state index in [1.165, 1.54) is 11.5 Å². The molecule has 1 saturated heterocycles. The second-order valence-electron chi connectivity index (χ2n) is 3.82. The Kier molecular flexibility index (Phi) is 2.66. The molecule has 3 rings (SSSR count). The summed E-state index contributed by atoms with van der Waals surface area (Å²) in [4.78, 5) is 11.2. The Balaban J connectivity index is 1.97. The largest absolute Gasteiger partial charge is 0.355 e. The fourth-order valence-electron chi connectivity index (χ4n) is 1.91. The Morgan fingerprint density at radius 3 is 2.88 bits per heavy atom. The first kappa shape index (κ1) is 9.90. The lowest BCUT2D eigenvalue weighted by molar-refractivity contribution is 0.842. The van der Waals surface area contributed by atoms with Gasteiger partial charge in [0.25, 0.3) is 0 Å². The van der Waals surface area contributed by atoms with Gasteiger partial charge in [0.05, 0.1) is 0 Å². The fourth-order valence-corrected chi connectivity index (χ4v) is 2.81. The number of hydrogen-bond acceptors (Lipinski definition) is 4. The third-order valence-corrected chi connectivity index (χ3v) is 3.73. The molecule has 82 valence electrons.